The van der Waals surface area contributed by atoms with E-state index in [0.29, 0.717) is 0 Å². The second-order valence-corrected chi connectivity index (χ2v) is 5.75. The van der Waals surface area contributed by atoms with Gasteiger partial charge >= 0.3 is 4.87 Å². The van der Waals surface area contributed by atoms with E-state index in [1.165, 1.54) is 17.7 Å². The van der Waals surface area contributed by atoms with E-state index in [1.807, 2.05) is 42.1 Å². The molecule has 0 saturated heterocycles. The molecule has 3 aromatic heterocycles. The summed E-state index contributed by atoms with van der Waals surface area (Å²) in [4.78, 5) is 22.7. The van der Waals surface area contributed by atoms with Crippen molar-refractivity contribution in [2.45, 2.75) is 0 Å². The topological polar surface area (TPSA) is 75.6 Å². The van der Waals surface area contributed by atoms with Crippen molar-refractivity contribution in [3.8, 4) is 0 Å². The first kappa shape index (κ1) is 12.1. The van der Waals surface area contributed by atoms with Crippen molar-refractivity contribution in [3.05, 3.63) is 46.5 Å². The van der Waals surface area contributed by atoms with Crippen LogP contribution >= 0.6 is 11.3 Å². The van der Waals surface area contributed by atoms with E-state index in [1.54, 1.807) is 0 Å². The fraction of sp³-hybridized carbons (Fsp3) is 0.0714. The number of fused-ring (bicyclic) bond motifs is 2. The van der Waals surface area contributed by atoms with Crippen molar-refractivity contribution in [2.24, 2.45) is 7.05 Å². The van der Waals surface area contributed by atoms with Gasteiger partial charge in [-0.3, -0.25) is 4.79 Å². The van der Waals surface area contributed by atoms with E-state index in [-0.39, 0.29) is 4.87 Å². The Morgan fingerprint density at radius 3 is 3.10 bits per heavy atom. The van der Waals surface area contributed by atoms with E-state index in [0.717, 1.165) is 32.8 Å². The Kier molecular flexibility index (Phi) is 2.55. The fourth-order valence-electron chi connectivity index (χ4n) is 2.38. The summed E-state index contributed by atoms with van der Waals surface area (Å²) in [6, 6.07) is 7.71. The Morgan fingerprint density at radius 1 is 1.29 bits per heavy atom. The van der Waals surface area contributed by atoms with Gasteiger partial charge in [0.15, 0.2) is 5.82 Å². The first-order valence-electron chi connectivity index (χ1n) is 6.37. The highest BCUT2D eigenvalue weighted by atomic mass is 32.1. The molecule has 4 rings (SSSR count). The summed E-state index contributed by atoms with van der Waals surface area (Å²) in [6.07, 6.45) is 3.49. The zero-order chi connectivity index (χ0) is 14.4. The molecular formula is C14H11N5OS. The third-order valence-corrected chi connectivity index (χ3v) is 4.20. The Hall–Kier alpha value is -2.67. The third-order valence-electron chi connectivity index (χ3n) is 3.34. The molecule has 2 N–H and O–H groups in total. The summed E-state index contributed by atoms with van der Waals surface area (Å²) >= 11 is 1.20. The number of aromatic amines is 1. The molecule has 0 fully saturated rings. The SMILES string of the molecule is Cn1ccc2ncnc(Nc3ccc4sc(=O)[nH]c4c3)c21. The second-order valence-electron chi connectivity index (χ2n) is 4.73. The molecule has 0 spiro atoms. The van der Waals surface area contributed by atoms with Crippen molar-refractivity contribution in [2.75, 3.05) is 5.32 Å². The van der Waals surface area contributed by atoms with Gasteiger partial charge in [0.05, 0.1) is 15.7 Å². The third kappa shape index (κ3) is 1.98. The van der Waals surface area contributed by atoms with Crippen LogP contribution in [0.1, 0.15) is 0 Å². The first-order chi connectivity index (χ1) is 10.2. The zero-order valence-corrected chi connectivity index (χ0v) is 11.9. The molecule has 0 aliphatic rings. The lowest BCUT2D eigenvalue weighted by Gasteiger charge is -2.08. The van der Waals surface area contributed by atoms with E-state index in [9.17, 15) is 4.79 Å². The minimum absolute atomic E-state index is 0.0472. The molecule has 4 aromatic rings. The summed E-state index contributed by atoms with van der Waals surface area (Å²) < 4.78 is 2.92. The number of rotatable bonds is 2. The van der Waals surface area contributed by atoms with Gasteiger partial charge in [0.2, 0.25) is 0 Å². The predicted octanol–water partition coefficient (Wildman–Crippen LogP) is 2.61. The standard InChI is InChI=1S/C14H11N5OS/c1-19-5-4-9-12(19)13(16-7-15-9)17-8-2-3-11-10(6-8)18-14(20)21-11/h2-7H,1H3,(H,18,20)(H,15,16,17). The van der Waals surface area contributed by atoms with Gasteiger partial charge < -0.3 is 14.9 Å². The summed E-state index contributed by atoms with van der Waals surface area (Å²) in [7, 11) is 1.95. The molecule has 0 unspecified atom stereocenters. The van der Waals surface area contributed by atoms with Gasteiger partial charge in [0, 0.05) is 18.9 Å². The van der Waals surface area contributed by atoms with Gasteiger partial charge in [0.1, 0.15) is 11.8 Å². The maximum atomic E-state index is 11.4. The minimum Gasteiger partial charge on any atom is -0.346 e. The minimum atomic E-state index is -0.0472. The molecule has 0 aliphatic carbocycles. The normalized spacial score (nSPS) is 11.3. The lowest BCUT2D eigenvalue weighted by atomic mass is 10.3. The molecule has 21 heavy (non-hydrogen) atoms. The van der Waals surface area contributed by atoms with Gasteiger partial charge in [0.25, 0.3) is 0 Å². The molecule has 0 saturated carbocycles. The second kappa shape index (κ2) is 4.42. The smallest absolute Gasteiger partial charge is 0.305 e. The van der Waals surface area contributed by atoms with Gasteiger partial charge in [-0.1, -0.05) is 11.3 Å². The highest BCUT2D eigenvalue weighted by Gasteiger charge is 2.08. The largest absolute Gasteiger partial charge is 0.346 e. The summed E-state index contributed by atoms with van der Waals surface area (Å²) in [5, 5.41) is 3.29. The van der Waals surface area contributed by atoms with E-state index < -0.39 is 0 Å². The number of hydrogen-bond acceptors (Lipinski definition) is 5. The number of hydrogen-bond donors (Lipinski definition) is 2. The number of thiazole rings is 1. The highest BCUT2D eigenvalue weighted by molar-refractivity contribution is 7.16. The number of nitrogens with zero attached hydrogens (tertiary/aromatic N) is 3. The fourth-order valence-corrected chi connectivity index (χ4v) is 3.09. The molecule has 3 heterocycles. The number of nitrogens with one attached hydrogen (secondary N) is 2. The maximum Gasteiger partial charge on any atom is 0.305 e. The quantitative estimate of drug-likeness (QED) is 0.596. The van der Waals surface area contributed by atoms with Crippen LogP contribution in [0.3, 0.4) is 0 Å². The Labute approximate surface area is 123 Å². The average Bonchev–Trinajstić information content (AvgIpc) is 3.02. The van der Waals surface area contributed by atoms with Crippen LogP contribution in [-0.4, -0.2) is 19.5 Å². The molecule has 0 aliphatic heterocycles. The first-order valence-corrected chi connectivity index (χ1v) is 7.18. The summed E-state index contributed by atoms with van der Waals surface area (Å²) in [6.45, 7) is 0. The number of benzene rings is 1. The van der Waals surface area contributed by atoms with Crippen LogP contribution in [0.15, 0.2) is 41.6 Å². The molecule has 6 nitrogen and oxygen atoms in total. The molecule has 0 atom stereocenters. The van der Waals surface area contributed by atoms with Crippen LogP contribution in [0.2, 0.25) is 0 Å². The molecular weight excluding hydrogens is 286 g/mol. The van der Waals surface area contributed by atoms with Crippen LogP contribution in [-0.2, 0) is 7.05 Å². The Balaban J connectivity index is 1.82. The average molecular weight is 297 g/mol. The van der Waals surface area contributed by atoms with Crippen LogP contribution in [0.4, 0.5) is 11.5 Å². The van der Waals surface area contributed by atoms with Gasteiger partial charge in [-0.05, 0) is 24.3 Å². The number of aromatic nitrogens is 4. The molecule has 0 amide bonds. The Morgan fingerprint density at radius 2 is 2.19 bits per heavy atom. The number of aryl methyl sites for hydroxylation is 1. The number of anilines is 2. The van der Waals surface area contributed by atoms with Crippen molar-refractivity contribution in [3.63, 3.8) is 0 Å². The molecule has 1 aromatic carbocycles. The molecule has 0 radical (unpaired) electrons. The maximum absolute atomic E-state index is 11.4. The lowest BCUT2D eigenvalue weighted by molar-refractivity contribution is 0.964. The predicted molar refractivity (Wildman–Crippen MR) is 84.2 cm³/mol. The van der Waals surface area contributed by atoms with Crippen LogP contribution < -0.4 is 10.2 Å². The van der Waals surface area contributed by atoms with Gasteiger partial charge in [-0.15, -0.1) is 0 Å². The van der Waals surface area contributed by atoms with Crippen molar-refractivity contribution >= 4 is 44.1 Å². The molecule has 104 valence electrons. The monoisotopic (exact) mass is 297 g/mol. The van der Waals surface area contributed by atoms with E-state index >= 15 is 0 Å². The zero-order valence-electron chi connectivity index (χ0n) is 11.1. The number of H-pyrrole nitrogens is 1. The van der Waals surface area contributed by atoms with Crippen LogP contribution in [0.5, 0.6) is 0 Å². The lowest BCUT2D eigenvalue weighted by Crippen LogP contribution is -1.98. The van der Waals surface area contributed by atoms with Crippen molar-refractivity contribution in [1.29, 1.82) is 0 Å². The van der Waals surface area contributed by atoms with Crippen molar-refractivity contribution in [1.82, 2.24) is 19.5 Å². The van der Waals surface area contributed by atoms with Gasteiger partial charge in [-0.2, -0.15) is 0 Å². The molecule has 7 heteroatoms. The van der Waals surface area contributed by atoms with Crippen LogP contribution in [0.25, 0.3) is 21.3 Å². The summed E-state index contributed by atoms with van der Waals surface area (Å²) in [5.74, 6) is 0.740. The van der Waals surface area contributed by atoms with E-state index in [4.69, 9.17) is 0 Å². The Bertz CT molecular complexity index is 1010. The molecule has 0 bridgehead atoms. The summed E-state index contributed by atoms with van der Waals surface area (Å²) in [5.41, 5.74) is 3.53. The van der Waals surface area contributed by atoms with E-state index in [2.05, 4.69) is 20.3 Å². The van der Waals surface area contributed by atoms with Crippen LogP contribution in [0, 0.1) is 0 Å². The highest BCUT2D eigenvalue weighted by Crippen LogP contribution is 2.25. The van der Waals surface area contributed by atoms with Gasteiger partial charge in [-0.25, -0.2) is 9.97 Å². The van der Waals surface area contributed by atoms with Crippen molar-refractivity contribution < 1.29 is 0 Å².